The van der Waals surface area contributed by atoms with E-state index in [1.807, 2.05) is 0 Å². The minimum atomic E-state index is -3.81. The molecule has 1 aliphatic rings. The smallest absolute Gasteiger partial charge is 0.241 e. The first kappa shape index (κ1) is 16.6. The maximum atomic E-state index is 12.2. The van der Waals surface area contributed by atoms with Gasteiger partial charge in [0.1, 0.15) is 0 Å². The number of nitrogens with one attached hydrogen (secondary N) is 1. The molecule has 0 saturated heterocycles. The summed E-state index contributed by atoms with van der Waals surface area (Å²) in [6.07, 6.45) is 1.57. The number of nitrogens with two attached hydrogens (primary N) is 1. The van der Waals surface area contributed by atoms with Crippen LogP contribution in [0.1, 0.15) is 11.3 Å². The van der Waals surface area contributed by atoms with Crippen LogP contribution < -0.4 is 10.5 Å². The van der Waals surface area contributed by atoms with Crippen molar-refractivity contribution in [2.75, 3.05) is 12.3 Å². The summed E-state index contributed by atoms with van der Waals surface area (Å²) < 4.78 is 26.7. The molecular weight excluding hydrogens is 354 g/mol. The van der Waals surface area contributed by atoms with E-state index in [0.29, 0.717) is 17.3 Å². The second-order valence-corrected chi connectivity index (χ2v) is 7.44. The summed E-state index contributed by atoms with van der Waals surface area (Å²) in [7, 11) is -3.81. The molecule has 0 spiro atoms. The molecule has 0 bridgehead atoms. The molecule has 0 fully saturated rings. The first-order valence-corrected chi connectivity index (χ1v) is 8.84. The van der Waals surface area contributed by atoms with Crippen LogP contribution in [0.2, 0.25) is 5.02 Å². The molecule has 1 amide bonds. The van der Waals surface area contributed by atoms with E-state index < -0.39 is 10.0 Å². The Hall–Kier alpha value is -2.23. The molecule has 1 aliphatic heterocycles. The number of fused-ring (bicyclic) bond motifs is 1. The molecule has 0 atom stereocenters. The van der Waals surface area contributed by atoms with Crippen molar-refractivity contribution in [1.29, 1.82) is 0 Å². The lowest BCUT2D eigenvalue weighted by atomic mass is 10.3. The minimum Gasteiger partial charge on any atom is -0.368 e. The van der Waals surface area contributed by atoms with Gasteiger partial charge in [-0.3, -0.25) is 4.79 Å². The van der Waals surface area contributed by atoms with Crippen molar-refractivity contribution in [1.82, 2.24) is 19.6 Å². The molecule has 24 heavy (non-hydrogen) atoms. The van der Waals surface area contributed by atoms with E-state index in [4.69, 9.17) is 17.3 Å². The van der Waals surface area contributed by atoms with Gasteiger partial charge in [0, 0.05) is 23.3 Å². The van der Waals surface area contributed by atoms with Crippen molar-refractivity contribution in [3.63, 3.8) is 0 Å². The Bertz CT molecular complexity index is 903. The number of carbonyl (C=O) groups excluding carboxylic acids is 1. The van der Waals surface area contributed by atoms with Crippen LogP contribution in [0.4, 0.5) is 5.95 Å². The third kappa shape index (κ3) is 3.48. The lowest BCUT2D eigenvalue weighted by Gasteiger charge is -2.15. The summed E-state index contributed by atoms with van der Waals surface area (Å²) in [6, 6.07) is 5.82. The Morgan fingerprint density at radius 3 is 2.92 bits per heavy atom. The number of rotatable bonds is 4. The molecule has 3 N–H and O–H groups in total. The first-order valence-electron chi connectivity index (χ1n) is 6.98. The Kier molecular flexibility index (Phi) is 4.39. The van der Waals surface area contributed by atoms with E-state index in [2.05, 4.69) is 14.7 Å². The molecule has 1 aromatic carbocycles. The average Bonchev–Trinajstić information content (AvgIpc) is 2.96. The van der Waals surface area contributed by atoms with Gasteiger partial charge >= 0.3 is 0 Å². The third-order valence-electron chi connectivity index (χ3n) is 3.55. The molecule has 3 rings (SSSR count). The van der Waals surface area contributed by atoms with E-state index in [1.54, 1.807) is 12.3 Å². The van der Waals surface area contributed by atoms with Crippen molar-refractivity contribution in [2.24, 2.45) is 0 Å². The molecule has 2 heterocycles. The lowest BCUT2D eigenvalue weighted by Crippen LogP contribution is -2.37. The van der Waals surface area contributed by atoms with Gasteiger partial charge in [-0.25, -0.2) is 23.1 Å². The number of hydrogen-bond donors (Lipinski definition) is 2. The number of nitrogens with zero attached hydrogens (tertiary/aromatic N) is 3. The summed E-state index contributed by atoms with van der Waals surface area (Å²) in [5.74, 6) is -0.220. The molecule has 126 valence electrons. The van der Waals surface area contributed by atoms with E-state index in [9.17, 15) is 13.2 Å². The zero-order chi connectivity index (χ0) is 17.3. The Balaban J connectivity index is 1.64. The first-order chi connectivity index (χ1) is 11.3. The largest absolute Gasteiger partial charge is 0.368 e. The van der Waals surface area contributed by atoms with Crippen molar-refractivity contribution >= 4 is 33.5 Å². The van der Waals surface area contributed by atoms with Crippen LogP contribution in [-0.2, 0) is 27.9 Å². The zero-order valence-electron chi connectivity index (χ0n) is 12.4. The Morgan fingerprint density at radius 1 is 1.38 bits per heavy atom. The van der Waals surface area contributed by atoms with Crippen molar-refractivity contribution in [3.05, 3.63) is 46.7 Å². The summed E-state index contributed by atoms with van der Waals surface area (Å²) >= 11 is 5.79. The van der Waals surface area contributed by atoms with Crippen molar-refractivity contribution < 1.29 is 13.2 Å². The maximum Gasteiger partial charge on any atom is 0.241 e. The second kappa shape index (κ2) is 6.34. The molecule has 0 unspecified atom stereocenters. The van der Waals surface area contributed by atoms with E-state index in [-0.39, 0.29) is 29.8 Å². The quantitative estimate of drug-likeness (QED) is 0.813. The zero-order valence-corrected chi connectivity index (χ0v) is 14.0. The van der Waals surface area contributed by atoms with Crippen molar-refractivity contribution in [3.8, 4) is 0 Å². The van der Waals surface area contributed by atoms with Gasteiger partial charge in [-0.15, -0.1) is 0 Å². The van der Waals surface area contributed by atoms with Gasteiger partial charge in [-0.2, -0.15) is 0 Å². The highest BCUT2D eigenvalue weighted by Gasteiger charge is 2.26. The van der Waals surface area contributed by atoms with Gasteiger partial charge in [0.05, 0.1) is 23.7 Å². The number of anilines is 1. The molecular formula is C14H14ClN5O3S. The van der Waals surface area contributed by atoms with Crippen LogP contribution in [0.5, 0.6) is 0 Å². The molecule has 8 nitrogen and oxygen atoms in total. The number of sulfonamides is 1. The normalized spacial score (nSPS) is 13.8. The fraction of sp³-hybridized carbons (Fsp3) is 0.214. The molecule has 0 aliphatic carbocycles. The fourth-order valence-corrected chi connectivity index (χ4v) is 3.61. The number of benzene rings is 1. The standard InChI is InChI=1S/C14H14ClN5O3S/c15-10-2-1-3-11(4-10)24(22,23)18-6-13(21)20-7-9-5-17-14(16)19-12(9)8-20/h1-5,18H,6-8H2,(H2,16,17,19). The van der Waals surface area contributed by atoms with Crippen LogP contribution in [-0.4, -0.2) is 35.7 Å². The monoisotopic (exact) mass is 367 g/mol. The van der Waals surface area contributed by atoms with E-state index >= 15 is 0 Å². The topological polar surface area (TPSA) is 118 Å². The minimum absolute atomic E-state index is 0.00569. The number of amides is 1. The Labute approximate surface area is 143 Å². The van der Waals surface area contributed by atoms with E-state index in [1.165, 1.54) is 23.1 Å². The number of halogens is 1. The van der Waals surface area contributed by atoms with Gasteiger partial charge in [-0.05, 0) is 18.2 Å². The second-order valence-electron chi connectivity index (χ2n) is 5.23. The number of nitrogen functional groups attached to an aromatic ring is 1. The van der Waals surface area contributed by atoms with Crippen molar-refractivity contribution in [2.45, 2.75) is 18.0 Å². The lowest BCUT2D eigenvalue weighted by molar-refractivity contribution is -0.130. The van der Waals surface area contributed by atoms with Gasteiger partial charge in [0.15, 0.2) is 0 Å². The average molecular weight is 368 g/mol. The highest BCUT2D eigenvalue weighted by Crippen LogP contribution is 2.20. The maximum absolute atomic E-state index is 12.2. The summed E-state index contributed by atoms with van der Waals surface area (Å²) in [6.45, 7) is 0.249. The SMILES string of the molecule is Nc1ncc2c(n1)CN(C(=O)CNS(=O)(=O)c1cccc(Cl)c1)C2. The van der Waals surface area contributed by atoms with Crippen LogP contribution in [0, 0.1) is 0 Å². The fourth-order valence-electron chi connectivity index (χ4n) is 2.33. The summed E-state index contributed by atoms with van der Waals surface area (Å²) in [5.41, 5.74) is 6.99. The van der Waals surface area contributed by atoms with Crippen LogP contribution in [0.15, 0.2) is 35.4 Å². The third-order valence-corrected chi connectivity index (χ3v) is 5.18. The van der Waals surface area contributed by atoms with Gasteiger partial charge in [-0.1, -0.05) is 17.7 Å². The number of aromatic nitrogens is 2. The predicted octanol–water partition coefficient (Wildman–Crippen LogP) is 0.533. The van der Waals surface area contributed by atoms with Gasteiger partial charge in [0.2, 0.25) is 21.9 Å². The summed E-state index contributed by atoms with van der Waals surface area (Å²) in [4.78, 5) is 21.7. The summed E-state index contributed by atoms with van der Waals surface area (Å²) in [5, 5.41) is 0.301. The predicted molar refractivity (Wildman–Crippen MR) is 87.3 cm³/mol. The Morgan fingerprint density at radius 2 is 2.17 bits per heavy atom. The van der Waals surface area contributed by atoms with Gasteiger partial charge < -0.3 is 10.6 Å². The number of hydrogen-bond acceptors (Lipinski definition) is 6. The molecule has 0 radical (unpaired) electrons. The van der Waals surface area contributed by atoms with Gasteiger partial charge in [0.25, 0.3) is 0 Å². The van der Waals surface area contributed by atoms with Crippen LogP contribution >= 0.6 is 11.6 Å². The van der Waals surface area contributed by atoms with Crippen LogP contribution in [0.3, 0.4) is 0 Å². The number of carbonyl (C=O) groups is 1. The highest BCUT2D eigenvalue weighted by atomic mass is 35.5. The molecule has 10 heteroatoms. The molecule has 1 aromatic heterocycles. The highest BCUT2D eigenvalue weighted by molar-refractivity contribution is 7.89. The van der Waals surface area contributed by atoms with E-state index in [0.717, 1.165) is 5.56 Å². The van der Waals surface area contributed by atoms with Crippen LogP contribution in [0.25, 0.3) is 0 Å². The molecule has 0 saturated carbocycles. The molecule has 2 aromatic rings.